The topological polar surface area (TPSA) is 51.0 Å². The molecule has 1 heterocycles. The van der Waals surface area contributed by atoms with Gasteiger partial charge in [-0.2, -0.15) is 0 Å². The Hall–Kier alpha value is -2.64. The molecule has 0 saturated heterocycles. The van der Waals surface area contributed by atoms with E-state index in [1.54, 1.807) is 16.4 Å². The van der Waals surface area contributed by atoms with Gasteiger partial charge in [0.05, 0.1) is 16.4 Å². The molecule has 5 nitrogen and oxygen atoms in total. The third-order valence-corrected chi connectivity index (χ3v) is 4.46. The molecule has 3 rings (SSSR count). The van der Waals surface area contributed by atoms with Crippen molar-refractivity contribution >= 4 is 40.3 Å². The molecule has 0 unspecified atom stereocenters. The molecule has 2 N–H and O–H groups in total. The van der Waals surface area contributed by atoms with Gasteiger partial charge >= 0.3 is 0 Å². The standard InChI is InChI=1S/C18H16ClFN4OS/c1-11-16(17(25)24(23(11)2)13-6-4-3-5-7-13)22-18(26)21-12-8-9-15(20)14(19)10-12/h3-10H,1-2H3,(H2,21,22,26). The lowest BCUT2D eigenvalue weighted by Gasteiger charge is -2.10. The van der Waals surface area contributed by atoms with Crippen molar-refractivity contribution in [2.75, 3.05) is 10.6 Å². The van der Waals surface area contributed by atoms with Crippen LogP contribution in [0, 0.1) is 12.7 Å². The zero-order valence-corrected chi connectivity index (χ0v) is 15.7. The van der Waals surface area contributed by atoms with Crippen molar-refractivity contribution in [1.29, 1.82) is 0 Å². The third kappa shape index (κ3) is 3.49. The van der Waals surface area contributed by atoms with Crippen LogP contribution >= 0.6 is 23.8 Å². The minimum absolute atomic E-state index is 0.0138. The van der Waals surface area contributed by atoms with Crippen molar-refractivity contribution in [1.82, 2.24) is 9.36 Å². The minimum atomic E-state index is -0.513. The molecule has 2 aromatic carbocycles. The number of thiocarbonyl (C=S) groups is 1. The van der Waals surface area contributed by atoms with Gasteiger partial charge in [-0.05, 0) is 49.5 Å². The summed E-state index contributed by atoms with van der Waals surface area (Å²) in [5.74, 6) is -0.513. The molecular formula is C18H16ClFN4OS. The predicted molar refractivity (Wildman–Crippen MR) is 107 cm³/mol. The number of anilines is 2. The lowest BCUT2D eigenvalue weighted by Crippen LogP contribution is -2.25. The van der Waals surface area contributed by atoms with Crippen molar-refractivity contribution < 1.29 is 4.39 Å². The van der Waals surface area contributed by atoms with Crippen molar-refractivity contribution in [3.8, 4) is 5.69 Å². The van der Waals surface area contributed by atoms with E-state index in [0.29, 0.717) is 11.4 Å². The van der Waals surface area contributed by atoms with E-state index >= 15 is 0 Å². The summed E-state index contributed by atoms with van der Waals surface area (Å²) < 4.78 is 16.5. The maximum absolute atomic E-state index is 13.2. The summed E-state index contributed by atoms with van der Waals surface area (Å²) >= 11 is 11.0. The summed E-state index contributed by atoms with van der Waals surface area (Å²) in [4.78, 5) is 12.8. The van der Waals surface area contributed by atoms with Gasteiger partial charge in [0, 0.05) is 12.7 Å². The molecule has 0 atom stereocenters. The van der Waals surface area contributed by atoms with E-state index in [0.717, 1.165) is 11.4 Å². The Morgan fingerprint density at radius 3 is 2.50 bits per heavy atom. The van der Waals surface area contributed by atoms with E-state index in [9.17, 15) is 9.18 Å². The number of aromatic nitrogens is 2. The average Bonchev–Trinajstić information content (AvgIpc) is 2.82. The first-order valence-electron chi connectivity index (χ1n) is 7.75. The van der Waals surface area contributed by atoms with Crippen LogP contribution in [0.1, 0.15) is 5.69 Å². The molecule has 134 valence electrons. The van der Waals surface area contributed by atoms with Crippen molar-refractivity contribution in [2.24, 2.45) is 7.05 Å². The molecular weight excluding hydrogens is 375 g/mol. The number of rotatable bonds is 3. The van der Waals surface area contributed by atoms with Gasteiger partial charge in [0.25, 0.3) is 5.56 Å². The molecule has 0 aliphatic rings. The van der Waals surface area contributed by atoms with Crippen molar-refractivity contribution in [2.45, 2.75) is 6.92 Å². The van der Waals surface area contributed by atoms with Gasteiger partial charge in [-0.1, -0.05) is 29.8 Å². The second-order valence-electron chi connectivity index (χ2n) is 5.64. The SMILES string of the molecule is Cc1c(NC(=S)Nc2ccc(F)c(Cl)c2)c(=O)n(-c2ccccc2)n1C. The Labute approximate surface area is 160 Å². The summed E-state index contributed by atoms with van der Waals surface area (Å²) in [6.45, 7) is 1.82. The van der Waals surface area contributed by atoms with E-state index in [1.807, 2.05) is 37.3 Å². The Bertz CT molecular complexity index is 1030. The van der Waals surface area contributed by atoms with Gasteiger partial charge < -0.3 is 10.6 Å². The van der Waals surface area contributed by atoms with Gasteiger partial charge in [0.2, 0.25) is 0 Å². The molecule has 0 saturated carbocycles. The van der Waals surface area contributed by atoms with E-state index < -0.39 is 5.82 Å². The summed E-state index contributed by atoms with van der Waals surface area (Å²) in [5, 5.41) is 6.01. The van der Waals surface area contributed by atoms with Crippen LogP contribution in [0.4, 0.5) is 15.8 Å². The lowest BCUT2D eigenvalue weighted by molar-refractivity contribution is 0.628. The van der Waals surface area contributed by atoms with Crippen LogP contribution in [0.15, 0.2) is 53.3 Å². The lowest BCUT2D eigenvalue weighted by atomic mass is 10.3. The maximum atomic E-state index is 13.2. The van der Waals surface area contributed by atoms with Crippen LogP contribution in [0.25, 0.3) is 5.69 Å². The third-order valence-electron chi connectivity index (χ3n) is 3.97. The number of halogens is 2. The fourth-order valence-corrected chi connectivity index (χ4v) is 2.96. The van der Waals surface area contributed by atoms with E-state index in [-0.39, 0.29) is 15.7 Å². The Kier molecular flexibility index (Phi) is 5.11. The second-order valence-corrected chi connectivity index (χ2v) is 6.46. The highest BCUT2D eigenvalue weighted by atomic mass is 35.5. The number of para-hydroxylation sites is 1. The highest BCUT2D eigenvalue weighted by Gasteiger charge is 2.17. The van der Waals surface area contributed by atoms with Gasteiger partial charge in [-0.25, -0.2) is 9.07 Å². The van der Waals surface area contributed by atoms with Gasteiger partial charge in [0.1, 0.15) is 11.5 Å². The fraction of sp³-hybridized carbons (Fsp3) is 0.111. The highest BCUT2D eigenvalue weighted by Crippen LogP contribution is 2.20. The molecule has 8 heteroatoms. The molecule has 0 fully saturated rings. The predicted octanol–water partition coefficient (Wildman–Crippen LogP) is 4.09. The number of nitrogens with one attached hydrogen (secondary N) is 2. The summed E-state index contributed by atoms with van der Waals surface area (Å²) in [6, 6.07) is 13.5. The Morgan fingerprint density at radius 1 is 1.15 bits per heavy atom. The van der Waals surface area contributed by atoms with E-state index in [1.165, 1.54) is 18.2 Å². The van der Waals surface area contributed by atoms with Crippen molar-refractivity contribution in [3.05, 3.63) is 75.4 Å². The van der Waals surface area contributed by atoms with Gasteiger partial charge in [0.15, 0.2) is 5.11 Å². The molecule has 0 spiro atoms. The zero-order chi connectivity index (χ0) is 18.8. The fourth-order valence-electron chi connectivity index (χ4n) is 2.56. The van der Waals surface area contributed by atoms with Crippen LogP contribution in [0.5, 0.6) is 0 Å². The van der Waals surface area contributed by atoms with Gasteiger partial charge in [-0.3, -0.25) is 9.48 Å². The largest absolute Gasteiger partial charge is 0.332 e. The zero-order valence-electron chi connectivity index (χ0n) is 14.1. The monoisotopic (exact) mass is 390 g/mol. The quantitative estimate of drug-likeness (QED) is 0.661. The van der Waals surface area contributed by atoms with Gasteiger partial charge in [-0.15, -0.1) is 0 Å². The summed E-state index contributed by atoms with van der Waals surface area (Å²) in [6.07, 6.45) is 0. The first-order chi connectivity index (χ1) is 12.4. The maximum Gasteiger partial charge on any atom is 0.295 e. The average molecular weight is 391 g/mol. The van der Waals surface area contributed by atoms with E-state index in [2.05, 4.69) is 10.6 Å². The van der Waals surface area contributed by atoms with E-state index in [4.69, 9.17) is 23.8 Å². The van der Waals surface area contributed by atoms with Crippen LogP contribution in [0.2, 0.25) is 5.02 Å². The number of nitrogens with zero attached hydrogens (tertiary/aromatic N) is 2. The summed E-state index contributed by atoms with van der Waals surface area (Å²) in [5.41, 5.74) is 2.13. The molecule has 0 bridgehead atoms. The first kappa shape index (κ1) is 18.2. The Morgan fingerprint density at radius 2 is 1.85 bits per heavy atom. The molecule has 0 radical (unpaired) electrons. The molecule has 1 aromatic heterocycles. The van der Waals surface area contributed by atoms with Crippen LogP contribution in [-0.2, 0) is 7.05 Å². The normalized spacial score (nSPS) is 10.6. The first-order valence-corrected chi connectivity index (χ1v) is 8.54. The number of hydrogen-bond acceptors (Lipinski definition) is 2. The van der Waals surface area contributed by atoms with Crippen LogP contribution in [-0.4, -0.2) is 14.5 Å². The number of benzene rings is 2. The van der Waals surface area contributed by atoms with Crippen molar-refractivity contribution in [3.63, 3.8) is 0 Å². The molecule has 3 aromatic rings. The highest BCUT2D eigenvalue weighted by molar-refractivity contribution is 7.80. The second kappa shape index (κ2) is 7.31. The smallest absolute Gasteiger partial charge is 0.295 e. The van der Waals surface area contributed by atoms with Crippen LogP contribution in [0.3, 0.4) is 0 Å². The molecule has 0 amide bonds. The minimum Gasteiger partial charge on any atom is -0.332 e. The molecule has 0 aliphatic carbocycles. The summed E-state index contributed by atoms with van der Waals surface area (Å²) in [7, 11) is 1.80. The Balaban J connectivity index is 1.87. The molecule has 26 heavy (non-hydrogen) atoms. The molecule has 0 aliphatic heterocycles. The number of hydrogen-bond donors (Lipinski definition) is 2. The van der Waals surface area contributed by atoms with Crippen LogP contribution < -0.4 is 16.2 Å².